The molecule has 1 aromatic carbocycles. The van der Waals surface area contributed by atoms with E-state index in [-0.39, 0.29) is 43.0 Å². The molecule has 4 rings (SSSR count). The molecule has 1 atom stereocenters. The van der Waals surface area contributed by atoms with Crippen LogP contribution in [-0.4, -0.2) is 63.6 Å². The van der Waals surface area contributed by atoms with Crippen molar-refractivity contribution in [3.8, 4) is 0 Å². The van der Waals surface area contributed by atoms with E-state index >= 15 is 0 Å². The number of carbonyl (C=O) groups is 5. The first-order valence-electron chi connectivity index (χ1n) is 10.6. The number of likely N-dealkylation sites (tertiary alicyclic amines) is 1. The summed E-state index contributed by atoms with van der Waals surface area (Å²) < 4.78 is 0. The van der Waals surface area contributed by atoms with E-state index in [1.807, 2.05) is 6.07 Å². The van der Waals surface area contributed by atoms with E-state index in [1.54, 1.807) is 17.0 Å². The number of amides is 4. The maximum absolute atomic E-state index is 12.9. The zero-order valence-electron chi connectivity index (χ0n) is 17.1. The molecule has 0 bridgehead atoms. The number of aryl methyl sites for hydroxylation is 1. The maximum Gasteiger partial charge on any atom is 0.306 e. The van der Waals surface area contributed by atoms with Gasteiger partial charge in [0.25, 0.3) is 5.91 Å². The second-order valence-corrected chi connectivity index (χ2v) is 8.34. The van der Waals surface area contributed by atoms with E-state index in [0.717, 1.165) is 11.1 Å². The summed E-state index contributed by atoms with van der Waals surface area (Å²) in [4.78, 5) is 63.4. The zero-order chi connectivity index (χ0) is 22.1. The summed E-state index contributed by atoms with van der Waals surface area (Å²) in [5, 5.41) is 11.4. The molecular formula is C22H25N3O6. The number of carboxylic acids is 1. The molecule has 31 heavy (non-hydrogen) atoms. The third-order valence-corrected chi connectivity index (χ3v) is 6.48. The molecule has 0 aliphatic carbocycles. The van der Waals surface area contributed by atoms with Crippen molar-refractivity contribution in [1.29, 1.82) is 0 Å². The number of hydrogen-bond acceptors (Lipinski definition) is 5. The number of nitrogens with one attached hydrogen (secondary N) is 1. The Morgan fingerprint density at radius 2 is 1.84 bits per heavy atom. The number of benzene rings is 1. The molecule has 1 aromatic rings. The number of piperidine rings is 2. The molecule has 9 nitrogen and oxygen atoms in total. The van der Waals surface area contributed by atoms with E-state index in [1.165, 1.54) is 4.90 Å². The molecule has 2 N–H and O–H groups in total. The Morgan fingerprint density at radius 3 is 2.52 bits per heavy atom. The monoisotopic (exact) mass is 427 g/mol. The molecule has 0 aromatic heterocycles. The highest BCUT2D eigenvalue weighted by Gasteiger charge is 2.39. The van der Waals surface area contributed by atoms with Crippen molar-refractivity contribution < 1.29 is 29.1 Å². The topological polar surface area (TPSA) is 124 Å². The van der Waals surface area contributed by atoms with Gasteiger partial charge in [0, 0.05) is 38.0 Å². The van der Waals surface area contributed by atoms with Crippen molar-refractivity contribution in [2.45, 2.75) is 51.1 Å². The first kappa shape index (κ1) is 21.0. The van der Waals surface area contributed by atoms with Crippen LogP contribution < -0.4 is 5.32 Å². The Kier molecular flexibility index (Phi) is 5.75. The van der Waals surface area contributed by atoms with E-state index in [2.05, 4.69) is 5.32 Å². The molecule has 2 fully saturated rings. The Hall–Kier alpha value is -3.23. The molecule has 0 spiro atoms. The van der Waals surface area contributed by atoms with Crippen molar-refractivity contribution >= 4 is 29.6 Å². The lowest BCUT2D eigenvalue weighted by atomic mass is 9.96. The van der Waals surface area contributed by atoms with Crippen molar-refractivity contribution in [2.24, 2.45) is 5.92 Å². The first-order chi connectivity index (χ1) is 14.8. The average Bonchev–Trinajstić information content (AvgIpc) is 3.09. The van der Waals surface area contributed by atoms with Crippen molar-refractivity contribution in [1.82, 2.24) is 15.1 Å². The molecule has 9 heteroatoms. The molecule has 164 valence electrons. The predicted molar refractivity (Wildman–Crippen MR) is 108 cm³/mol. The highest BCUT2D eigenvalue weighted by molar-refractivity contribution is 6.05. The summed E-state index contributed by atoms with van der Waals surface area (Å²) in [7, 11) is 0. The van der Waals surface area contributed by atoms with Gasteiger partial charge in [-0.3, -0.25) is 29.3 Å². The molecule has 0 radical (unpaired) electrons. The number of carboxylic acid groups (broad SMARTS) is 1. The van der Waals surface area contributed by atoms with E-state index < -0.39 is 17.9 Å². The van der Waals surface area contributed by atoms with E-state index in [9.17, 15) is 24.0 Å². The van der Waals surface area contributed by atoms with Gasteiger partial charge in [0.2, 0.25) is 17.7 Å². The molecule has 3 heterocycles. The molecular weight excluding hydrogens is 402 g/mol. The van der Waals surface area contributed by atoms with Crippen LogP contribution in [0.4, 0.5) is 0 Å². The fourth-order valence-electron chi connectivity index (χ4n) is 4.66. The third kappa shape index (κ3) is 4.17. The summed E-state index contributed by atoms with van der Waals surface area (Å²) >= 11 is 0. The van der Waals surface area contributed by atoms with Crippen molar-refractivity contribution in [3.05, 3.63) is 34.9 Å². The quantitative estimate of drug-likeness (QED) is 0.667. The number of nitrogens with zero attached hydrogens (tertiary/aromatic N) is 2. The molecule has 3 aliphatic heterocycles. The van der Waals surface area contributed by atoms with Gasteiger partial charge in [-0.2, -0.15) is 0 Å². The molecule has 4 amide bonds. The van der Waals surface area contributed by atoms with Gasteiger partial charge in [-0.25, -0.2) is 0 Å². The number of imide groups is 1. The fraction of sp³-hybridized carbons (Fsp3) is 0.500. The largest absolute Gasteiger partial charge is 0.481 e. The van der Waals surface area contributed by atoms with Crippen molar-refractivity contribution in [3.63, 3.8) is 0 Å². The van der Waals surface area contributed by atoms with Crippen LogP contribution in [0.2, 0.25) is 0 Å². The fourth-order valence-corrected chi connectivity index (χ4v) is 4.66. The number of fused-ring (bicyclic) bond motifs is 1. The van der Waals surface area contributed by atoms with E-state index in [0.29, 0.717) is 44.3 Å². The maximum atomic E-state index is 12.9. The molecule has 3 aliphatic rings. The Balaban J connectivity index is 1.40. The van der Waals surface area contributed by atoms with Gasteiger partial charge in [-0.1, -0.05) is 12.1 Å². The Bertz CT molecular complexity index is 951. The molecule has 0 saturated carbocycles. The average molecular weight is 427 g/mol. The zero-order valence-corrected chi connectivity index (χ0v) is 17.1. The van der Waals surface area contributed by atoms with Gasteiger partial charge in [0.05, 0.1) is 5.92 Å². The van der Waals surface area contributed by atoms with Crippen LogP contribution in [0.1, 0.15) is 53.6 Å². The third-order valence-electron chi connectivity index (χ3n) is 6.48. The molecule has 1 unspecified atom stereocenters. The first-order valence-corrected chi connectivity index (χ1v) is 10.6. The van der Waals surface area contributed by atoms with Gasteiger partial charge in [-0.15, -0.1) is 0 Å². The minimum atomic E-state index is -0.808. The van der Waals surface area contributed by atoms with Crippen LogP contribution in [0.5, 0.6) is 0 Å². The van der Waals surface area contributed by atoms with Crippen LogP contribution >= 0.6 is 0 Å². The minimum Gasteiger partial charge on any atom is -0.481 e. The SMILES string of the molecule is O=C1CCC(N2Cc3c(CCC(=O)N4CCC(C(=O)O)CC4)cccc3C2=O)C(=O)N1. The van der Waals surface area contributed by atoms with Crippen LogP contribution in [0.25, 0.3) is 0 Å². The Morgan fingerprint density at radius 1 is 1.10 bits per heavy atom. The second-order valence-electron chi connectivity index (χ2n) is 8.34. The van der Waals surface area contributed by atoms with Gasteiger partial charge in [-0.05, 0) is 42.9 Å². The van der Waals surface area contributed by atoms with Gasteiger partial charge < -0.3 is 14.9 Å². The highest BCUT2D eigenvalue weighted by atomic mass is 16.4. The molecule has 2 saturated heterocycles. The standard InChI is InChI=1S/C22H25N3O6/c26-18-6-5-17(20(28)23-18)25-12-16-13(2-1-3-15(16)21(25)29)4-7-19(27)24-10-8-14(9-11-24)22(30)31/h1-3,14,17H,4-12H2,(H,30,31)(H,23,26,28). The van der Waals surface area contributed by atoms with E-state index in [4.69, 9.17) is 5.11 Å². The van der Waals surface area contributed by atoms with Crippen molar-refractivity contribution in [2.75, 3.05) is 13.1 Å². The minimum absolute atomic E-state index is 0.0206. The van der Waals surface area contributed by atoms with Gasteiger partial charge in [0.1, 0.15) is 6.04 Å². The Labute approximate surface area is 179 Å². The number of rotatable bonds is 5. The summed E-state index contributed by atoms with van der Waals surface area (Å²) in [6.07, 6.45) is 2.20. The van der Waals surface area contributed by atoms with Crippen LogP contribution in [0.3, 0.4) is 0 Å². The summed E-state index contributed by atoms with van der Waals surface area (Å²) in [5.41, 5.74) is 2.26. The lowest BCUT2D eigenvalue weighted by Crippen LogP contribution is -2.52. The number of aliphatic carboxylic acids is 1. The summed E-state index contributed by atoms with van der Waals surface area (Å²) in [6.45, 7) is 1.18. The van der Waals surface area contributed by atoms with Crippen LogP contribution in [0, 0.1) is 5.92 Å². The highest BCUT2D eigenvalue weighted by Crippen LogP contribution is 2.30. The number of hydrogen-bond donors (Lipinski definition) is 2. The lowest BCUT2D eigenvalue weighted by molar-refractivity contribution is -0.145. The van der Waals surface area contributed by atoms with Crippen LogP contribution in [0.15, 0.2) is 18.2 Å². The smallest absolute Gasteiger partial charge is 0.306 e. The summed E-state index contributed by atoms with van der Waals surface area (Å²) in [6, 6.07) is 4.74. The van der Waals surface area contributed by atoms with Gasteiger partial charge in [0.15, 0.2) is 0 Å². The lowest BCUT2D eigenvalue weighted by Gasteiger charge is -2.30. The second kappa shape index (κ2) is 8.49. The van der Waals surface area contributed by atoms with Crippen LogP contribution in [-0.2, 0) is 32.1 Å². The normalized spacial score (nSPS) is 21.8. The predicted octanol–water partition coefficient (Wildman–Crippen LogP) is 0.703. The summed E-state index contributed by atoms with van der Waals surface area (Å²) in [5.74, 6) is -2.21. The van der Waals surface area contributed by atoms with Gasteiger partial charge >= 0.3 is 5.97 Å². The number of carbonyl (C=O) groups excluding carboxylic acids is 4.